The molecule has 2 atom stereocenters. The van der Waals surface area contributed by atoms with Crippen molar-refractivity contribution in [3.8, 4) is 0 Å². The lowest BCUT2D eigenvalue weighted by Crippen LogP contribution is -2.55. The summed E-state index contributed by atoms with van der Waals surface area (Å²) in [6.07, 6.45) is -0.719. The van der Waals surface area contributed by atoms with Crippen molar-refractivity contribution in [1.82, 2.24) is 10.2 Å². The van der Waals surface area contributed by atoms with Gasteiger partial charge in [-0.2, -0.15) is 0 Å². The van der Waals surface area contributed by atoms with Crippen LogP contribution < -0.4 is 16.8 Å². The molecular weight excluding hydrogens is 326 g/mol. The van der Waals surface area contributed by atoms with Gasteiger partial charge in [0.25, 0.3) is 5.91 Å². The predicted molar refractivity (Wildman–Crippen MR) is 79.7 cm³/mol. The highest BCUT2D eigenvalue weighted by molar-refractivity contribution is 6.02. The summed E-state index contributed by atoms with van der Waals surface area (Å²) in [5.41, 5.74) is 10.7. The number of nitrogens with zero attached hydrogens (tertiary/aromatic N) is 1. The van der Waals surface area contributed by atoms with Crippen LogP contribution in [0.25, 0.3) is 0 Å². The van der Waals surface area contributed by atoms with Crippen LogP contribution in [0.2, 0.25) is 0 Å². The minimum Gasteiger partial charge on any atom is -0.481 e. The van der Waals surface area contributed by atoms with Gasteiger partial charge in [0.2, 0.25) is 5.91 Å². The fourth-order valence-electron chi connectivity index (χ4n) is 1.83. The van der Waals surface area contributed by atoms with Gasteiger partial charge in [-0.05, 0) is 12.8 Å². The molecule has 136 valence electrons. The predicted octanol–water partition coefficient (Wildman–Crippen LogP) is -3.15. The van der Waals surface area contributed by atoms with Crippen LogP contribution in [0.1, 0.15) is 19.3 Å². The number of aliphatic hydroxyl groups is 1. The average Bonchev–Trinajstić information content (AvgIpc) is 2.49. The molecule has 9 N–H and O–H groups in total. The maximum Gasteiger partial charge on any atom is 0.327 e. The number of guanidine groups is 1. The Labute approximate surface area is 136 Å². The number of amides is 2. The Morgan fingerprint density at radius 2 is 1.79 bits per heavy atom. The minimum absolute atomic E-state index is 0.0216. The minimum atomic E-state index is -1.98. The molecule has 2 unspecified atom stereocenters. The molecule has 0 aliphatic rings. The Bertz CT molecular complexity index is 510. The van der Waals surface area contributed by atoms with Crippen LogP contribution in [0, 0.1) is 5.41 Å². The van der Waals surface area contributed by atoms with Crippen molar-refractivity contribution in [3.05, 3.63) is 0 Å². The molecule has 12 heteroatoms. The molecule has 2 amide bonds. The van der Waals surface area contributed by atoms with Gasteiger partial charge >= 0.3 is 11.9 Å². The van der Waals surface area contributed by atoms with Gasteiger partial charge in [0, 0.05) is 6.54 Å². The van der Waals surface area contributed by atoms with Crippen molar-refractivity contribution in [2.45, 2.75) is 31.3 Å². The second kappa shape index (κ2) is 10.1. The fraction of sp³-hybridized carbons (Fsp3) is 0.583. The first kappa shape index (κ1) is 21.3. The largest absolute Gasteiger partial charge is 0.481 e. The summed E-state index contributed by atoms with van der Waals surface area (Å²) in [6.45, 7) is -0.949. The number of rotatable bonds is 10. The van der Waals surface area contributed by atoms with E-state index in [0.717, 1.165) is 0 Å². The first-order valence-corrected chi connectivity index (χ1v) is 6.86. The van der Waals surface area contributed by atoms with Gasteiger partial charge in [-0.1, -0.05) is 0 Å². The van der Waals surface area contributed by atoms with Crippen molar-refractivity contribution in [2.24, 2.45) is 11.5 Å². The summed E-state index contributed by atoms with van der Waals surface area (Å²) >= 11 is 0. The quantitative estimate of drug-likeness (QED) is 0.119. The van der Waals surface area contributed by atoms with Crippen LogP contribution in [-0.2, 0) is 19.2 Å². The zero-order valence-corrected chi connectivity index (χ0v) is 12.8. The molecule has 0 saturated carbocycles. The van der Waals surface area contributed by atoms with Crippen LogP contribution in [0.5, 0.6) is 0 Å². The van der Waals surface area contributed by atoms with Crippen molar-refractivity contribution in [2.75, 3.05) is 13.2 Å². The molecule has 0 spiro atoms. The number of nitrogens with two attached hydrogens (primary N) is 2. The number of hydrogen-bond donors (Lipinski definition) is 7. The van der Waals surface area contributed by atoms with E-state index >= 15 is 0 Å². The van der Waals surface area contributed by atoms with Crippen LogP contribution in [0.4, 0.5) is 0 Å². The van der Waals surface area contributed by atoms with Gasteiger partial charge in [-0.25, -0.2) is 4.79 Å². The number of aliphatic carboxylic acids is 2. The molecule has 0 radical (unpaired) electrons. The third-order valence-corrected chi connectivity index (χ3v) is 2.93. The van der Waals surface area contributed by atoms with E-state index in [0.29, 0.717) is 0 Å². The fourth-order valence-corrected chi connectivity index (χ4v) is 1.83. The van der Waals surface area contributed by atoms with Crippen molar-refractivity contribution >= 4 is 29.7 Å². The Morgan fingerprint density at radius 1 is 1.21 bits per heavy atom. The maximum absolute atomic E-state index is 12.2. The summed E-state index contributed by atoms with van der Waals surface area (Å²) in [6, 6.07) is -3.26. The number of carboxylic acids is 2. The standard InChI is InChI=1S/C12H21N5O7/c13-6(2-1-3-16-12(14)15)10(22)17(8(19)5-18)7(11(23)24)4-9(20)21/h6-7,18H,1-5,13H2,(H,20,21)(H,23,24)(H4,14,15,16). The second-order valence-corrected chi connectivity index (χ2v) is 4.80. The summed E-state index contributed by atoms with van der Waals surface area (Å²) < 4.78 is 0. The van der Waals surface area contributed by atoms with E-state index in [-0.39, 0.29) is 30.2 Å². The van der Waals surface area contributed by atoms with Gasteiger partial charge in [-0.15, -0.1) is 0 Å². The molecule has 0 aromatic carbocycles. The number of hydrogen-bond acceptors (Lipinski definition) is 7. The second-order valence-electron chi connectivity index (χ2n) is 4.80. The van der Waals surface area contributed by atoms with E-state index in [4.69, 9.17) is 32.2 Å². The summed E-state index contributed by atoms with van der Waals surface area (Å²) in [4.78, 5) is 46.0. The topological polar surface area (TPSA) is 220 Å². The zero-order valence-electron chi connectivity index (χ0n) is 12.8. The summed E-state index contributed by atoms with van der Waals surface area (Å²) in [5.74, 6) is -5.89. The molecule has 0 rings (SSSR count). The van der Waals surface area contributed by atoms with E-state index in [9.17, 15) is 19.2 Å². The van der Waals surface area contributed by atoms with E-state index < -0.39 is 48.9 Å². The number of imide groups is 1. The third kappa shape index (κ3) is 7.02. The molecule has 0 heterocycles. The number of aliphatic hydroxyl groups excluding tert-OH is 1. The molecule has 12 nitrogen and oxygen atoms in total. The normalized spacial score (nSPS) is 12.8. The van der Waals surface area contributed by atoms with Crippen molar-refractivity contribution in [1.29, 1.82) is 5.41 Å². The molecular formula is C12H21N5O7. The highest BCUT2D eigenvalue weighted by Crippen LogP contribution is 2.10. The number of carbonyl (C=O) groups is 4. The summed E-state index contributed by atoms with van der Waals surface area (Å²) in [5, 5.41) is 36.1. The van der Waals surface area contributed by atoms with E-state index in [1.54, 1.807) is 0 Å². The van der Waals surface area contributed by atoms with Crippen molar-refractivity contribution < 1.29 is 34.5 Å². The van der Waals surface area contributed by atoms with Gasteiger partial charge < -0.3 is 32.1 Å². The first-order chi connectivity index (χ1) is 11.1. The van der Waals surface area contributed by atoms with Crippen molar-refractivity contribution in [3.63, 3.8) is 0 Å². The molecule has 0 fully saturated rings. The monoisotopic (exact) mass is 347 g/mol. The molecule has 0 aliphatic heterocycles. The Morgan fingerprint density at radius 3 is 2.21 bits per heavy atom. The van der Waals surface area contributed by atoms with Crippen LogP contribution >= 0.6 is 0 Å². The molecule has 0 aromatic heterocycles. The highest BCUT2D eigenvalue weighted by atomic mass is 16.4. The maximum atomic E-state index is 12.2. The molecule has 0 aliphatic carbocycles. The SMILES string of the molecule is N=C(N)NCCCC(N)C(=O)N(C(=O)CO)C(CC(=O)O)C(=O)O. The van der Waals surface area contributed by atoms with Crippen LogP contribution in [0.15, 0.2) is 0 Å². The van der Waals surface area contributed by atoms with Crippen LogP contribution in [-0.4, -0.2) is 75.2 Å². The lowest BCUT2D eigenvalue weighted by atomic mass is 10.1. The number of nitrogens with one attached hydrogen (secondary N) is 2. The van der Waals surface area contributed by atoms with Gasteiger partial charge in [0.05, 0.1) is 12.5 Å². The molecule has 0 aromatic rings. The zero-order chi connectivity index (χ0) is 18.9. The van der Waals surface area contributed by atoms with E-state index in [1.807, 2.05) is 0 Å². The average molecular weight is 347 g/mol. The van der Waals surface area contributed by atoms with Crippen LogP contribution in [0.3, 0.4) is 0 Å². The Kier molecular flexibility index (Phi) is 8.97. The Hall–Kier alpha value is -2.73. The lowest BCUT2D eigenvalue weighted by Gasteiger charge is -2.28. The van der Waals surface area contributed by atoms with Gasteiger partial charge in [-0.3, -0.25) is 24.7 Å². The summed E-state index contributed by atoms with van der Waals surface area (Å²) in [7, 11) is 0. The third-order valence-electron chi connectivity index (χ3n) is 2.93. The molecule has 24 heavy (non-hydrogen) atoms. The van der Waals surface area contributed by atoms with E-state index in [2.05, 4.69) is 5.32 Å². The highest BCUT2D eigenvalue weighted by Gasteiger charge is 2.37. The number of carbonyl (C=O) groups excluding carboxylic acids is 2. The smallest absolute Gasteiger partial charge is 0.327 e. The first-order valence-electron chi connectivity index (χ1n) is 6.86. The number of carboxylic acid groups (broad SMARTS) is 2. The molecule has 0 bridgehead atoms. The lowest BCUT2D eigenvalue weighted by molar-refractivity contribution is -0.162. The van der Waals surface area contributed by atoms with Gasteiger partial charge in [0.1, 0.15) is 12.6 Å². The van der Waals surface area contributed by atoms with Gasteiger partial charge in [0.15, 0.2) is 5.96 Å². The van der Waals surface area contributed by atoms with E-state index in [1.165, 1.54) is 0 Å². The molecule has 0 saturated heterocycles. The Balaban J connectivity index is 5.10.